The number of aryl methyl sites for hydroxylation is 2. The zero-order valence-corrected chi connectivity index (χ0v) is 17.2. The molecule has 0 N–H and O–H groups in total. The van der Waals surface area contributed by atoms with Crippen LogP contribution < -0.4 is 11.2 Å². The summed E-state index contributed by atoms with van der Waals surface area (Å²) in [5.74, 6) is 0.830. The smallest absolute Gasteiger partial charge is 0.309 e. The minimum Gasteiger partial charge on any atom is -0.309 e. The minimum atomic E-state index is -0.368. The molecule has 2 aromatic carbocycles. The van der Waals surface area contributed by atoms with Crippen LogP contribution in [0.4, 0.5) is 0 Å². The molecule has 0 saturated carbocycles. The first-order chi connectivity index (χ1) is 14.1. The second kappa shape index (κ2) is 8.13. The lowest BCUT2D eigenvalue weighted by molar-refractivity contribution is 0.696. The van der Waals surface area contributed by atoms with Gasteiger partial charge in [-0.2, -0.15) is 0 Å². The number of hydrogen-bond donors (Lipinski definition) is 0. The highest BCUT2D eigenvalue weighted by atomic mass is 32.2. The van der Waals surface area contributed by atoms with Gasteiger partial charge in [-0.25, -0.2) is 9.78 Å². The Morgan fingerprint density at radius 3 is 2.14 bits per heavy atom. The molecule has 0 aliphatic heterocycles. The number of imidazole rings is 1. The number of hydrogen-bond acceptors (Lipinski definition) is 4. The minimum absolute atomic E-state index is 0.318. The van der Waals surface area contributed by atoms with Gasteiger partial charge in [0.15, 0.2) is 16.3 Å². The molecule has 0 atom stereocenters. The lowest BCUT2D eigenvalue weighted by Gasteiger charge is -2.09. The molecular formula is C22H22N4O2S. The van der Waals surface area contributed by atoms with Crippen LogP contribution in [0.25, 0.3) is 11.2 Å². The van der Waals surface area contributed by atoms with E-state index in [-0.39, 0.29) is 11.2 Å². The molecule has 4 aromatic rings. The second-order valence-corrected chi connectivity index (χ2v) is 7.99. The molecule has 4 rings (SSSR count). The van der Waals surface area contributed by atoms with Crippen molar-refractivity contribution in [1.82, 2.24) is 18.7 Å². The van der Waals surface area contributed by atoms with Gasteiger partial charge in [0.25, 0.3) is 5.56 Å². The number of aromatic nitrogens is 4. The van der Waals surface area contributed by atoms with Crippen molar-refractivity contribution in [2.45, 2.75) is 18.1 Å². The number of rotatable bonds is 6. The van der Waals surface area contributed by atoms with E-state index in [1.54, 1.807) is 18.8 Å². The van der Waals surface area contributed by atoms with E-state index >= 15 is 0 Å². The van der Waals surface area contributed by atoms with Crippen molar-refractivity contribution in [3.63, 3.8) is 0 Å². The summed E-state index contributed by atoms with van der Waals surface area (Å²) in [6.07, 6.45) is 0.900. The fourth-order valence-electron chi connectivity index (χ4n) is 3.35. The first-order valence-corrected chi connectivity index (χ1v) is 10.4. The van der Waals surface area contributed by atoms with E-state index in [1.807, 2.05) is 53.1 Å². The van der Waals surface area contributed by atoms with Gasteiger partial charge in [-0.1, -0.05) is 72.4 Å². The monoisotopic (exact) mass is 406 g/mol. The molecule has 6 nitrogen and oxygen atoms in total. The number of benzene rings is 2. The Bertz CT molecular complexity index is 1260. The quantitative estimate of drug-likeness (QED) is 0.462. The molecule has 0 radical (unpaired) electrons. The molecule has 7 heteroatoms. The van der Waals surface area contributed by atoms with Crippen molar-refractivity contribution in [3.8, 4) is 0 Å². The van der Waals surface area contributed by atoms with Crippen molar-refractivity contribution < 1.29 is 0 Å². The van der Waals surface area contributed by atoms with E-state index in [2.05, 4.69) is 17.1 Å². The third kappa shape index (κ3) is 3.78. The highest BCUT2D eigenvalue weighted by molar-refractivity contribution is 7.99. The largest absolute Gasteiger partial charge is 0.332 e. The summed E-state index contributed by atoms with van der Waals surface area (Å²) in [5, 5.41) is 0.748. The number of nitrogens with zero attached hydrogens (tertiary/aromatic N) is 4. The standard InChI is InChI=1S/C22H22N4O2S/c1-24-19-18(20(27)25(2)22(24)28)26(15-17-11-7-4-8-12-17)21(23-19)29-14-13-16-9-5-3-6-10-16/h3-12H,13-15H2,1-2H3. The van der Waals surface area contributed by atoms with Crippen molar-refractivity contribution in [2.24, 2.45) is 14.1 Å². The Morgan fingerprint density at radius 2 is 1.48 bits per heavy atom. The highest BCUT2D eigenvalue weighted by Crippen LogP contribution is 2.23. The predicted octanol–water partition coefficient (Wildman–Crippen LogP) is 2.82. The van der Waals surface area contributed by atoms with Crippen LogP contribution in [0.15, 0.2) is 75.4 Å². The number of thioether (sulfide) groups is 1. The fourth-order valence-corrected chi connectivity index (χ4v) is 4.34. The van der Waals surface area contributed by atoms with Crippen LogP contribution in [0.1, 0.15) is 11.1 Å². The molecule has 29 heavy (non-hydrogen) atoms. The predicted molar refractivity (Wildman–Crippen MR) is 117 cm³/mol. The van der Waals surface area contributed by atoms with Gasteiger partial charge in [0.05, 0.1) is 6.54 Å². The van der Waals surface area contributed by atoms with Gasteiger partial charge in [-0.05, 0) is 17.5 Å². The average molecular weight is 407 g/mol. The fraction of sp³-hybridized carbons (Fsp3) is 0.227. The van der Waals surface area contributed by atoms with Gasteiger partial charge in [0, 0.05) is 19.8 Å². The molecule has 2 aromatic heterocycles. The van der Waals surface area contributed by atoms with Crippen LogP contribution in [0, 0.1) is 0 Å². The van der Waals surface area contributed by atoms with E-state index < -0.39 is 0 Å². The van der Waals surface area contributed by atoms with Gasteiger partial charge in [-0.3, -0.25) is 13.9 Å². The van der Waals surface area contributed by atoms with E-state index in [9.17, 15) is 9.59 Å². The van der Waals surface area contributed by atoms with Crippen LogP contribution in [0.5, 0.6) is 0 Å². The summed E-state index contributed by atoms with van der Waals surface area (Å²) < 4.78 is 4.52. The maximum absolute atomic E-state index is 12.9. The Labute approximate surface area is 172 Å². The van der Waals surface area contributed by atoms with Crippen molar-refractivity contribution in [2.75, 3.05) is 5.75 Å². The topological polar surface area (TPSA) is 61.8 Å². The molecular weight excluding hydrogens is 384 g/mol. The van der Waals surface area contributed by atoms with Crippen LogP contribution in [0.2, 0.25) is 0 Å². The SMILES string of the molecule is Cn1c(=O)c2c(nc(SCCc3ccccc3)n2Cc2ccccc2)n(C)c1=O. The molecule has 0 aliphatic rings. The maximum Gasteiger partial charge on any atom is 0.332 e. The van der Waals surface area contributed by atoms with E-state index in [0.717, 1.165) is 27.5 Å². The van der Waals surface area contributed by atoms with E-state index in [4.69, 9.17) is 0 Å². The maximum atomic E-state index is 12.9. The Morgan fingerprint density at radius 1 is 0.862 bits per heavy atom. The molecule has 0 bridgehead atoms. The van der Waals surface area contributed by atoms with Gasteiger partial charge >= 0.3 is 5.69 Å². The third-order valence-electron chi connectivity index (χ3n) is 4.96. The lowest BCUT2D eigenvalue weighted by Crippen LogP contribution is -2.37. The van der Waals surface area contributed by atoms with Crippen LogP contribution in [-0.2, 0) is 27.1 Å². The van der Waals surface area contributed by atoms with Crippen LogP contribution >= 0.6 is 11.8 Å². The molecule has 0 unspecified atom stereocenters. The summed E-state index contributed by atoms with van der Waals surface area (Å²) in [6, 6.07) is 20.2. The second-order valence-electron chi connectivity index (χ2n) is 6.93. The van der Waals surface area contributed by atoms with Crippen molar-refractivity contribution >= 4 is 22.9 Å². The molecule has 0 fully saturated rings. The Balaban J connectivity index is 1.76. The zero-order chi connectivity index (χ0) is 20.4. The Kier molecular flexibility index (Phi) is 5.40. The van der Waals surface area contributed by atoms with Crippen LogP contribution in [-0.4, -0.2) is 24.4 Å². The van der Waals surface area contributed by atoms with Crippen LogP contribution in [0.3, 0.4) is 0 Å². The zero-order valence-electron chi connectivity index (χ0n) is 16.4. The first-order valence-electron chi connectivity index (χ1n) is 9.43. The van der Waals surface area contributed by atoms with Crippen molar-refractivity contribution in [1.29, 1.82) is 0 Å². The summed E-state index contributed by atoms with van der Waals surface area (Å²) in [6.45, 7) is 0.526. The lowest BCUT2D eigenvalue weighted by atomic mass is 10.2. The molecule has 148 valence electrons. The highest BCUT2D eigenvalue weighted by Gasteiger charge is 2.19. The Hall–Kier alpha value is -3.06. The molecule has 0 aliphatic carbocycles. The third-order valence-corrected chi connectivity index (χ3v) is 5.94. The van der Waals surface area contributed by atoms with E-state index in [1.165, 1.54) is 17.2 Å². The van der Waals surface area contributed by atoms with E-state index in [0.29, 0.717) is 17.7 Å². The normalized spacial score (nSPS) is 11.2. The molecule has 0 spiro atoms. The molecule has 0 amide bonds. The van der Waals surface area contributed by atoms with Gasteiger partial charge in [0.2, 0.25) is 0 Å². The summed E-state index contributed by atoms with van der Waals surface area (Å²) >= 11 is 1.60. The summed E-state index contributed by atoms with van der Waals surface area (Å²) in [5.41, 5.74) is 2.53. The summed E-state index contributed by atoms with van der Waals surface area (Å²) in [7, 11) is 3.16. The van der Waals surface area contributed by atoms with Gasteiger partial charge < -0.3 is 4.57 Å². The van der Waals surface area contributed by atoms with Gasteiger partial charge in [-0.15, -0.1) is 0 Å². The number of fused-ring (bicyclic) bond motifs is 1. The summed E-state index contributed by atoms with van der Waals surface area (Å²) in [4.78, 5) is 29.9. The molecule has 0 saturated heterocycles. The average Bonchev–Trinajstić information content (AvgIpc) is 3.10. The molecule has 2 heterocycles. The van der Waals surface area contributed by atoms with Gasteiger partial charge in [0.1, 0.15) is 0 Å². The van der Waals surface area contributed by atoms with Crippen molar-refractivity contribution in [3.05, 3.63) is 92.6 Å². The first kappa shape index (κ1) is 19.3.